The first-order chi connectivity index (χ1) is 12.0. The van der Waals surface area contributed by atoms with Gasteiger partial charge in [-0.05, 0) is 47.9 Å². The van der Waals surface area contributed by atoms with Crippen molar-refractivity contribution in [2.75, 3.05) is 31.1 Å². The molecule has 2 aromatic carbocycles. The number of benzene rings is 2. The molecule has 1 N–H and O–H groups in total. The molecule has 5 heteroatoms. The van der Waals surface area contributed by atoms with Crippen LogP contribution in [0.25, 0.3) is 0 Å². The molecule has 25 heavy (non-hydrogen) atoms. The average molecular weight is 342 g/mol. The van der Waals surface area contributed by atoms with Gasteiger partial charge in [-0.3, -0.25) is 4.79 Å². The summed E-state index contributed by atoms with van der Waals surface area (Å²) in [4.78, 5) is 16.6. The highest BCUT2D eigenvalue weighted by molar-refractivity contribution is 5.97. The second-order valence-corrected chi connectivity index (χ2v) is 6.69. The van der Waals surface area contributed by atoms with Crippen molar-refractivity contribution in [1.29, 1.82) is 0 Å². The van der Waals surface area contributed by atoms with Gasteiger partial charge in [0, 0.05) is 31.9 Å². The third-order valence-electron chi connectivity index (χ3n) is 4.68. The fraction of sp³-hybridized carbons (Fsp3) is 0.350. The first-order valence-corrected chi connectivity index (χ1v) is 8.58. The lowest BCUT2D eigenvalue weighted by Gasteiger charge is -2.36. The molecule has 4 nitrogen and oxygen atoms in total. The molecule has 0 aromatic heterocycles. The number of aromatic hydroxyl groups is 1. The summed E-state index contributed by atoms with van der Waals surface area (Å²) < 4.78 is 13.0. The van der Waals surface area contributed by atoms with Crippen molar-refractivity contribution in [1.82, 2.24) is 4.90 Å². The van der Waals surface area contributed by atoms with E-state index in [0.29, 0.717) is 37.7 Å². The Labute approximate surface area is 147 Å². The molecule has 0 bridgehead atoms. The number of amides is 1. The summed E-state index contributed by atoms with van der Waals surface area (Å²) in [5.74, 6) is -0.0593. The Bertz CT molecular complexity index is 751. The number of hydrogen-bond donors (Lipinski definition) is 1. The van der Waals surface area contributed by atoms with Crippen molar-refractivity contribution < 1.29 is 14.3 Å². The lowest BCUT2D eigenvalue weighted by Crippen LogP contribution is -2.48. The Kier molecular flexibility index (Phi) is 4.93. The minimum Gasteiger partial charge on any atom is -0.507 e. The zero-order valence-electron chi connectivity index (χ0n) is 14.6. The van der Waals surface area contributed by atoms with Crippen LogP contribution in [0.2, 0.25) is 0 Å². The molecule has 1 fully saturated rings. The molecule has 0 saturated carbocycles. The van der Waals surface area contributed by atoms with Crippen LogP contribution >= 0.6 is 0 Å². The number of nitrogens with zero attached hydrogens (tertiary/aromatic N) is 2. The number of rotatable bonds is 3. The van der Waals surface area contributed by atoms with Gasteiger partial charge in [-0.2, -0.15) is 0 Å². The molecule has 0 radical (unpaired) electrons. The maximum atomic E-state index is 13.0. The van der Waals surface area contributed by atoms with Gasteiger partial charge in [0.25, 0.3) is 5.91 Å². The monoisotopic (exact) mass is 342 g/mol. The highest BCUT2D eigenvalue weighted by Gasteiger charge is 2.24. The lowest BCUT2D eigenvalue weighted by atomic mass is 10.0. The van der Waals surface area contributed by atoms with Crippen LogP contribution in [0.15, 0.2) is 42.5 Å². The number of carbonyl (C=O) groups is 1. The molecule has 1 aliphatic heterocycles. The minimum absolute atomic E-state index is 0.0390. The fourth-order valence-corrected chi connectivity index (χ4v) is 3.08. The summed E-state index contributed by atoms with van der Waals surface area (Å²) in [5, 5.41) is 10.2. The molecule has 0 spiro atoms. The van der Waals surface area contributed by atoms with Gasteiger partial charge in [0.15, 0.2) is 0 Å². The van der Waals surface area contributed by atoms with Crippen LogP contribution in [0.4, 0.5) is 10.1 Å². The van der Waals surface area contributed by atoms with Crippen molar-refractivity contribution in [3.05, 3.63) is 59.4 Å². The Morgan fingerprint density at radius 3 is 2.24 bits per heavy atom. The zero-order valence-corrected chi connectivity index (χ0v) is 14.6. The van der Waals surface area contributed by atoms with Crippen molar-refractivity contribution in [2.24, 2.45) is 0 Å². The summed E-state index contributed by atoms with van der Waals surface area (Å²) in [7, 11) is 0. The van der Waals surface area contributed by atoms with Gasteiger partial charge in [0.2, 0.25) is 0 Å². The molecular weight excluding hydrogens is 319 g/mol. The van der Waals surface area contributed by atoms with Crippen LogP contribution in [-0.2, 0) is 0 Å². The van der Waals surface area contributed by atoms with E-state index < -0.39 is 0 Å². The fourth-order valence-electron chi connectivity index (χ4n) is 3.08. The van der Waals surface area contributed by atoms with Crippen LogP contribution in [0.1, 0.15) is 35.7 Å². The van der Waals surface area contributed by atoms with Crippen LogP contribution in [0, 0.1) is 5.82 Å². The molecule has 1 saturated heterocycles. The third-order valence-corrected chi connectivity index (χ3v) is 4.68. The number of halogens is 1. The number of phenolic OH excluding ortho intramolecular Hbond substituents is 1. The van der Waals surface area contributed by atoms with E-state index in [9.17, 15) is 14.3 Å². The van der Waals surface area contributed by atoms with Gasteiger partial charge < -0.3 is 14.9 Å². The second-order valence-electron chi connectivity index (χ2n) is 6.69. The zero-order chi connectivity index (χ0) is 18.0. The molecule has 1 amide bonds. The van der Waals surface area contributed by atoms with E-state index in [4.69, 9.17) is 0 Å². The third kappa shape index (κ3) is 3.76. The van der Waals surface area contributed by atoms with Gasteiger partial charge in [-0.1, -0.05) is 19.9 Å². The van der Waals surface area contributed by atoms with Crippen molar-refractivity contribution in [3.63, 3.8) is 0 Å². The van der Waals surface area contributed by atoms with Gasteiger partial charge in [-0.25, -0.2) is 4.39 Å². The first kappa shape index (κ1) is 17.3. The molecule has 3 rings (SSSR count). The minimum atomic E-state index is -0.252. The summed E-state index contributed by atoms with van der Waals surface area (Å²) in [6, 6.07) is 11.7. The Balaban J connectivity index is 1.66. The molecule has 2 aromatic rings. The molecule has 0 atom stereocenters. The van der Waals surface area contributed by atoms with E-state index in [1.807, 2.05) is 19.9 Å². The van der Waals surface area contributed by atoms with E-state index in [1.54, 1.807) is 29.2 Å². The van der Waals surface area contributed by atoms with Crippen LogP contribution < -0.4 is 4.90 Å². The van der Waals surface area contributed by atoms with Crippen molar-refractivity contribution in [3.8, 4) is 5.75 Å². The lowest BCUT2D eigenvalue weighted by molar-refractivity contribution is 0.0743. The second kappa shape index (κ2) is 7.13. The quantitative estimate of drug-likeness (QED) is 0.926. The van der Waals surface area contributed by atoms with Crippen molar-refractivity contribution in [2.45, 2.75) is 19.8 Å². The number of piperazine rings is 1. The Morgan fingerprint density at radius 2 is 1.68 bits per heavy atom. The van der Waals surface area contributed by atoms with Gasteiger partial charge in [-0.15, -0.1) is 0 Å². The smallest absolute Gasteiger partial charge is 0.257 e. The van der Waals surface area contributed by atoms with Crippen LogP contribution in [0.5, 0.6) is 5.75 Å². The Hall–Kier alpha value is -2.56. The van der Waals surface area contributed by atoms with Crippen LogP contribution in [-0.4, -0.2) is 42.1 Å². The van der Waals surface area contributed by atoms with Gasteiger partial charge >= 0.3 is 0 Å². The molecule has 0 aliphatic carbocycles. The largest absolute Gasteiger partial charge is 0.507 e. The number of carbonyl (C=O) groups excluding carboxylic acids is 1. The van der Waals surface area contributed by atoms with E-state index in [2.05, 4.69) is 4.90 Å². The number of phenols is 1. The molecule has 1 heterocycles. The standard InChI is InChI=1S/C20H23FN2O2/c1-14(2)15-3-8-18(19(24)13-15)20(25)23-11-9-22(10-12-23)17-6-4-16(21)5-7-17/h3-8,13-14,24H,9-12H2,1-2H3. The highest BCUT2D eigenvalue weighted by Crippen LogP contribution is 2.25. The SMILES string of the molecule is CC(C)c1ccc(C(=O)N2CCN(c3ccc(F)cc3)CC2)c(O)c1. The molecular formula is C20H23FN2O2. The predicted octanol–water partition coefficient (Wildman–Crippen LogP) is 3.62. The molecule has 132 valence electrons. The predicted molar refractivity (Wildman–Crippen MR) is 96.7 cm³/mol. The summed E-state index contributed by atoms with van der Waals surface area (Å²) >= 11 is 0. The molecule has 1 aliphatic rings. The van der Waals surface area contributed by atoms with E-state index >= 15 is 0 Å². The van der Waals surface area contributed by atoms with E-state index in [1.165, 1.54) is 12.1 Å². The first-order valence-electron chi connectivity index (χ1n) is 8.58. The summed E-state index contributed by atoms with van der Waals surface area (Å²) in [5.41, 5.74) is 2.31. The van der Waals surface area contributed by atoms with Gasteiger partial charge in [0.1, 0.15) is 11.6 Å². The van der Waals surface area contributed by atoms with E-state index in [0.717, 1.165) is 11.3 Å². The number of hydrogen-bond acceptors (Lipinski definition) is 3. The summed E-state index contributed by atoms with van der Waals surface area (Å²) in [6.45, 7) is 6.60. The molecule has 0 unspecified atom stereocenters. The Morgan fingerprint density at radius 1 is 1.04 bits per heavy atom. The number of anilines is 1. The topological polar surface area (TPSA) is 43.8 Å². The average Bonchev–Trinajstić information content (AvgIpc) is 2.62. The van der Waals surface area contributed by atoms with Crippen LogP contribution in [0.3, 0.4) is 0 Å². The maximum Gasteiger partial charge on any atom is 0.257 e. The highest BCUT2D eigenvalue weighted by atomic mass is 19.1. The normalized spacial score (nSPS) is 14.9. The van der Waals surface area contributed by atoms with Crippen molar-refractivity contribution >= 4 is 11.6 Å². The van der Waals surface area contributed by atoms with Gasteiger partial charge in [0.05, 0.1) is 5.56 Å². The van der Waals surface area contributed by atoms with E-state index in [-0.39, 0.29) is 17.5 Å². The summed E-state index contributed by atoms with van der Waals surface area (Å²) in [6.07, 6.45) is 0. The maximum absolute atomic E-state index is 13.0.